The number of likely N-dealkylation sites (tertiary alicyclic amines) is 1. The van der Waals surface area contributed by atoms with E-state index >= 15 is 0 Å². The second kappa shape index (κ2) is 8.03. The van der Waals surface area contributed by atoms with Crippen LogP contribution in [0.3, 0.4) is 0 Å². The summed E-state index contributed by atoms with van der Waals surface area (Å²) < 4.78 is 12.8. The van der Waals surface area contributed by atoms with E-state index in [0.29, 0.717) is 30.7 Å². The lowest BCUT2D eigenvalue weighted by atomic mass is 10.1. The summed E-state index contributed by atoms with van der Waals surface area (Å²) in [5, 5.41) is 2.94. The van der Waals surface area contributed by atoms with E-state index in [1.165, 1.54) is 24.3 Å². The largest absolute Gasteiger partial charge is 0.356 e. The highest BCUT2D eigenvalue weighted by Crippen LogP contribution is 2.13. The molecule has 5 heteroatoms. The Kier molecular flexibility index (Phi) is 6.07. The number of nitrogens with zero attached hydrogens (tertiary/aromatic N) is 1. The molecular weight excluding hydrogens is 283 g/mol. The molecule has 0 spiro atoms. The highest BCUT2D eigenvalue weighted by atomic mass is 19.1. The normalized spacial score (nSPS) is 18.4. The van der Waals surface area contributed by atoms with Crippen LogP contribution in [0.5, 0.6) is 0 Å². The van der Waals surface area contributed by atoms with Crippen LogP contribution in [0.15, 0.2) is 24.3 Å². The van der Waals surface area contributed by atoms with Gasteiger partial charge in [-0.1, -0.05) is 0 Å². The summed E-state index contributed by atoms with van der Waals surface area (Å²) in [4.78, 5) is 25.9. The van der Waals surface area contributed by atoms with E-state index < -0.39 is 0 Å². The number of Topliss-reactive ketones (excluding diaryl/α,β-unsaturated/α-hetero) is 1. The average Bonchev–Trinajstić information content (AvgIpc) is 2.91. The Morgan fingerprint density at radius 1 is 1.27 bits per heavy atom. The minimum Gasteiger partial charge on any atom is -0.356 e. The Hall–Kier alpha value is -1.75. The lowest BCUT2D eigenvalue weighted by Crippen LogP contribution is -2.30. The van der Waals surface area contributed by atoms with E-state index in [4.69, 9.17) is 0 Å². The van der Waals surface area contributed by atoms with Gasteiger partial charge in [-0.05, 0) is 56.6 Å². The third kappa shape index (κ3) is 5.22. The first-order valence-corrected chi connectivity index (χ1v) is 7.78. The van der Waals surface area contributed by atoms with Gasteiger partial charge in [0.05, 0.1) is 0 Å². The first-order chi connectivity index (χ1) is 10.5. The fraction of sp³-hybridized carbons (Fsp3) is 0.529. The molecule has 1 unspecified atom stereocenters. The molecule has 0 aromatic heterocycles. The van der Waals surface area contributed by atoms with Crippen molar-refractivity contribution in [1.82, 2.24) is 10.2 Å². The van der Waals surface area contributed by atoms with Crippen LogP contribution in [-0.4, -0.2) is 43.3 Å². The van der Waals surface area contributed by atoms with Crippen LogP contribution in [0, 0.1) is 11.7 Å². The van der Waals surface area contributed by atoms with Crippen LogP contribution in [0.25, 0.3) is 0 Å². The van der Waals surface area contributed by atoms with E-state index in [9.17, 15) is 14.0 Å². The standard InChI is InChI=1S/C17H23FN2O2/c1-20-10-9-13(12-20)11-19-17(22)4-2-3-16(21)14-5-7-15(18)8-6-14/h5-8,13H,2-4,9-12H2,1H3,(H,19,22). The van der Waals surface area contributed by atoms with Gasteiger partial charge in [-0.3, -0.25) is 9.59 Å². The number of amides is 1. The number of ketones is 1. The Balaban J connectivity index is 1.62. The molecule has 0 saturated carbocycles. The number of hydrogen-bond acceptors (Lipinski definition) is 3. The molecule has 1 aliphatic heterocycles. The molecule has 0 bridgehead atoms. The van der Waals surface area contributed by atoms with Gasteiger partial charge in [0.2, 0.25) is 5.91 Å². The maximum Gasteiger partial charge on any atom is 0.220 e. The summed E-state index contributed by atoms with van der Waals surface area (Å²) in [5.74, 6) is 0.134. The number of nitrogens with one attached hydrogen (secondary N) is 1. The molecule has 2 rings (SSSR count). The van der Waals surface area contributed by atoms with Gasteiger partial charge in [0.15, 0.2) is 5.78 Å². The van der Waals surface area contributed by atoms with Crippen molar-refractivity contribution >= 4 is 11.7 Å². The predicted octanol–water partition coefficient (Wildman–Crippen LogP) is 2.25. The van der Waals surface area contributed by atoms with E-state index in [2.05, 4.69) is 17.3 Å². The first kappa shape index (κ1) is 16.6. The van der Waals surface area contributed by atoms with E-state index in [-0.39, 0.29) is 17.5 Å². The van der Waals surface area contributed by atoms with Gasteiger partial charge < -0.3 is 10.2 Å². The summed E-state index contributed by atoms with van der Waals surface area (Å²) in [5.41, 5.74) is 0.496. The van der Waals surface area contributed by atoms with Gasteiger partial charge in [-0.15, -0.1) is 0 Å². The minimum atomic E-state index is -0.353. The Morgan fingerprint density at radius 2 is 2.00 bits per heavy atom. The van der Waals surface area contributed by atoms with Crippen LogP contribution in [0.1, 0.15) is 36.0 Å². The Labute approximate surface area is 130 Å². The van der Waals surface area contributed by atoms with Crippen LogP contribution in [0.4, 0.5) is 4.39 Å². The molecule has 1 amide bonds. The zero-order chi connectivity index (χ0) is 15.9. The van der Waals surface area contributed by atoms with E-state index in [0.717, 1.165) is 26.1 Å². The molecule has 1 aromatic rings. The van der Waals surface area contributed by atoms with Crippen molar-refractivity contribution in [2.75, 3.05) is 26.7 Å². The molecule has 120 valence electrons. The van der Waals surface area contributed by atoms with Gasteiger partial charge in [0, 0.05) is 31.5 Å². The molecule has 4 nitrogen and oxygen atoms in total. The smallest absolute Gasteiger partial charge is 0.220 e. The summed E-state index contributed by atoms with van der Waals surface area (Å²) in [6.07, 6.45) is 2.31. The molecule has 1 atom stereocenters. The number of halogens is 1. The molecule has 1 aromatic carbocycles. The molecule has 22 heavy (non-hydrogen) atoms. The van der Waals surface area contributed by atoms with Crippen LogP contribution in [-0.2, 0) is 4.79 Å². The van der Waals surface area contributed by atoms with Gasteiger partial charge in [0.25, 0.3) is 0 Å². The Bertz CT molecular complexity index is 516. The lowest BCUT2D eigenvalue weighted by Gasteiger charge is -2.11. The molecule has 1 fully saturated rings. The SMILES string of the molecule is CN1CCC(CNC(=O)CCCC(=O)c2ccc(F)cc2)C1. The van der Waals surface area contributed by atoms with Crippen molar-refractivity contribution < 1.29 is 14.0 Å². The minimum absolute atomic E-state index is 0.00135. The average molecular weight is 306 g/mol. The molecule has 0 aliphatic carbocycles. The van der Waals surface area contributed by atoms with Crippen molar-refractivity contribution in [3.8, 4) is 0 Å². The number of benzene rings is 1. The second-order valence-electron chi connectivity index (χ2n) is 6.00. The highest BCUT2D eigenvalue weighted by molar-refractivity contribution is 5.96. The topological polar surface area (TPSA) is 49.4 Å². The van der Waals surface area contributed by atoms with E-state index in [1.807, 2.05) is 0 Å². The van der Waals surface area contributed by atoms with Gasteiger partial charge in [0.1, 0.15) is 5.82 Å². The van der Waals surface area contributed by atoms with Crippen molar-refractivity contribution in [2.24, 2.45) is 5.92 Å². The van der Waals surface area contributed by atoms with Crippen molar-refractivity contribution in [3.63, 3.8) is 0 Å². The third-order valence-electron chi connectivity index (χ3n) is 4.05. The van der Waals surface area contributed by atoms with Crippen molar-refractivity contribution in [3.05, 3.63) is 35.6 Å². The van der Waals surface area contributed by atoms with Crippen LogP contribution in [0.2, 0.25) is 0 Å². The summed E-state index contributed by atoms with van der Waals surface area (Å²) in [6.45, 7) is 2.84. The van der Waals surface area contributed by atoms with Crippen molar-refractivity contribution in [2.45, 2.75) is 25.7 Å². The van der Waals surface area contributed by atoms with E-state index in [1.54, 1.807) is 0 Å². The molecule has 1 N–H and O–H groups in total. The van der Waals surface area contributed by atoms with Gasteiger partial charge in [-0.25, -0.2) is 4.39 Å². The molecule has 0 radical (unpaired) electrons. The highest BCUT2D eigenvalue weighted by Gasteiger charge is 2.19. The molecular formula is C17H23FN2O2. The number of carbonyl (C=O) groups excluding carboxylic acids is 2. The third-order valence-corrected chi connectivity index (χ3v) is 4.05. The number of hydrogen-bond donors (Lipinski definition) is 1. The summed E-state index contributed by atoms with van der Waals surface area (Å²) >= 11 is 0. The molecule has 1 aliphatic rings. The lowest BCUT2D eigenvalue weighted by molar-refractivity contribution is -0.121. The van der Waals surface area contributed by atoms with Gasteiger partial charge in [-0.2, -0.15) is 0 Å². The van der Waals surface area contributed by atoms with Crippen LogP contribution < -0.4 is 5.32 Å². The molecule has 1 saturated heterocycles. The maximum absolute atomic E-state index is 12.8. The van der Waals surface area contributed by atoms with Gasteiger partial charge >= 0.3 is 0 Å². The number of rotatable bonds is 7. The zero-order valence-electron chi connectivity index (χ0n) is 13.0. The first-order valence-electron chi connectivity index (χ1n) is 7.78. The number of carbonyl (C=O) groups is 2. The zero-order valence-corrected chi connectivity index (χ0v) is 13.0. The quantitative estimate of drug-likeness (QED) is 0.786. The monoisotopic (exact) mass is 306 g/mol. The fourth-order valence-electron chi connectivity index (χ4n) is 2.73. The summed E-state index contributed by atoms with van der Waals surface area (Å²) in [7, 11) is 2.09. The summed E-state index contributed by atoms with van der Waals surface area (Å²) in [6, 6.07) is 5.51. The second-order valence-corrected chi connectivity index (χ2v) is 6.00. The maximum atomic E-state index is 12.8. The Morgan fingerprint density at radius 3 is 2.64 bits per heavy atom. The fourth-order valence-corrected chi connectivity index (χ4v) is 2.73. The van der Waals surface area contributed by atoms with Crippen molar-refractivity contribution in [1.29, 1.82) is 0 Å². The predicted molar refractivity (Wildman–Crippen MR) is 83.2 cm³/mol. The molecule has 1 heterocycles. The van der Waals surface area contributed by atoms with Crippen LogP contribution >= 0.6 is 0 Å².